The van der Waals surface area contributed by atoms with Crippen LogP contribution in [0, 0.1) is 0 Å². The third-order valence-corrected chi connectivity index (χ3v) is 4.40. The second kappa shape index (κ2) is 9.26. The second-order valence-electron chi connectivity index (χ2n) is 6.61. The number of halogens is 3. The first kappa shape index (κ1) is 21.1. The van der Waals surface area contributed by atoms with Gasteiger partial charge in [-0.25, -0.2) is 5.43 Å². The fraction of sp³-hybridized carbons (Fsp3) is 0.130. The lowest BCUT2D eigenvalue weighted by Gasteiger charge is -2.10. The summed E-state index contributed by atoms with van der Waals surface area (Å²) in [5.74, 6) is -0.465. The largest absolute Gasteiger partial charge is 0.416 e. The van der Waals surface area contributed by atoms with E-state index in [0.717, 1.165) is 28.8 Å². The van der Waals surface area contributed by atoms with E-state index in [-0.39, 0.29) is 12.2 Å². The Morgan fingerprint density at radius 3 is 2.23 bits per heavy atom. The molecule has 0 saturated carbocycles. The number of nitrogens with one attached hydrogen (secondary N) is 2. The normalized spacial score (nSPS) is 11.8. The highest BCUT2D eigenvalue weighted by Crippen LogP contribution is 2.30. The van der Waals surface area contributed by atoms with E-state index in [1.165, 1.54) is 12.1 Å². The van der Waals surface area contributed by atoms with Gasteiger partial charge in [0.25, 0.3) is 5.91 Å². The molecule has 0 aliphatic carbocycles. The fourth-order valence-electron chi connectivity index (χ4n) is 2.77. The Morgan fingerprint density at radius 2 is 1.57 bits per heavy atom. The van der Waals surface area contributed by atoms with Gasteiger partial charge in [0.05, 0.1) is 17.8 Å². The number of hydrogen-bond donors (Lipinski definition) is 2. The van der Waals surface area contributed by atoms with Crippen molar-refractivity contribution in [1.82, 2.24) is 5.43 Å². The highest BCUT2D eigenvalue weighted by atomic mass is 19.4. The molecule has 0 heterocycles. The average molecular weight is 411 g/mol. The van der Waals surface area contributed by atoms with Crippen molar-refractivity contribution in [3.63, 3.8) is 0 Å². The van der Waals surface area contributed by atoms with E-state index in [0.29, 0.717) is 5.71 Å². The van der Waals surface area contributed by atoms with E-state index in [1.54, 1.807) is 6.92 Å². The molecular weight excluding hydrogens is 391 g/mol. The summed E-state index contributed by atoms with van der Waals surface area (Å²) in [5, 5.41) is 6.73. The number of carbonyl (C=O) groups excluding carboxylic acids is 1. The molecule has 3 rings (SSSR count). The maximum Gasteiger partial charge on any atom is 0.416 e. The number of hydrazone groups is 1. The van der Waals surface area contributed by atoms with E-state index in [4.69, 9.17) is 0 Å². The zero-order valence-electron chi connectivity index (χ0n) is 16.2. The van der Waals surface area contributed by atoms with Crippen LogP contribution >= 0.6 is 0 Å². The Morgan fingerprint density at radius 1 is 0.900 bits per heavy atom. The van der Waals surface area contributed by atoms with E-state index in [2.05, 4.69) is 15.8 Å². The van der Waals surface area contributed by atoms with Crippen LogP contribution in [0.25, 0.3) is 11.1 Å². The summed E-state index contributed by atoms with van der Waals surface area (Å²) in [7, 11) is 0. The molecule has 0 spiro atoms. The molecule has 0 radical (unpaired) electrons. The van der Waals surface area contributed by atoms with E-state index < -0.39 is 17.6 Å². The van der Waals surface area contributed by atoms with Crippen LogP contribution in [0.2, 0.25) is 0 Å². The minimum absolute atomic E-state index is 0.203. The van der Waals surface area contributed by atoms with Gasteiger partial charge in [-0.1, -0.05) is 60.7 Å². The number of nitrogens with zero attached hydrogens (tertiary/aromatic N) is 1. The van der Waals surface area contributed by atoms with Gasteiger partial charge in [-0.15, -0.1) is 0 Å². The topological polar surface area (TPSA) is 53.5 Å². The maximum atomic E-state index is 12.7. The van der Waals surface area contributed by atoms with Crippen LogP contribution in [0.1, 0.15) is 18.1 Å². The lowest BCUT2D eigenvalue weighted by molar-refractivity contribution is -0.137. The predicted molar refractivity (Wildman–Crippen MR) is 112 cm³/mol. The van der Waals surface area contributed by atoms with Gasteiger partial charge < -0.3 is 5.32 Å². The van der Waals surface area contributed by atoms with Crippen molar-refractivity contribution in [2.24, 2.45) is 5.10 Å². The number of anilines is 1. The average Bonchev–Trinajstić information content (AvgIpc) is 2.76. The summed E-state index contributed by atoms with van der Waals surface area (Å²) < 4.78 is 38.2. The predicted octanol–water partition coefficient (Wildman–Crippen LogP) is 5.32. The summed E-state index contributed by atoms with van der Waals surface area (Å²) in [6.07, 6.45) is -4.43. The summed E-state index contributed by atoms with van der Waals surface area (Å²) >= 11 is 0. The Bertz CT molecular complexity index is 1030. The molecule has 2 N–H and O–H groups in total. The minimum atomic E-state index is -4.43. The molecular formula is C23H20F3N3O. The van der Waals surface area contributed by atoms with Gasteiger partial charge in [-0.2, -0.15) is 18.3 Å². The van der Waals surface area contributed by atoms with E-state index in [9.17, 15) is 18.0 Å². The molecule has 4 nitrogen and oxygen atoms in total. The van der Waals surface area contributed by atoms with Crippen LogP contribution in [-0.2, 0) is 11.0 Å². The molecule has 1 amide bonds. The summed E-state index contributed by atoms with van der Waals surface area (Å²) in [6.45, 7) is 1.56. The quantitative estimate of drug-likeness (QED) is 0.426. The third kappa shape index (κ3) is 5.70. The fourth-order valence-corrected chi connectivity index (χ4v) is 2.77. The molecule has 0 aromatic heterocycles. The van der Waals surface area contributed by atoms with Crippen LogP contribution < -0.4 is 10.7 Å². The van der Waals surface area contributed by atoms with Crippen molar-refractivity contribution >= 4 is 17.3 Å². The van der Waals surface area contributed by atoms with Crippen molar-refractivity contribution in [2.45, 2.75) is 13.1 Å². The molecule has 0 fully saturated rings. The monoisotopic (exact) mass is 411 g/mol. The number of benzene rings is 3. The number of alkyl halides is 3. The van der Waals surface area contributed by atoms with Gasteiger partial charge in [0.1, 0.15) is 0 Å². The van der Waals surface area contributed by atoms with Gasteiger partial charge in [-0.3, -0.25) is 4.79 Å². The van der Waals surface area contributed by atoms with Gasteiger partial charge >= 0.3 is 6.18 Å². The molecule has 0 aliphatic heterocycles. The lowest BCUT2D eigenvalue weighted by atomic mass is 10.0. The van der Waals surface area contributed by atoms with Crippen molar-refractivity contribution in [2.75, 3.05) is 11.9 Å². The molecule has 0 aliphatic rings. The van der Waals surface area contributed by atoms with Crippen molar-refractivity contribution < 1.29 is 18.0 Å². The highest BCUT2D eigenvalue weighted by Gasteiger charge is 2.30. The van der Waals surface area contributed by atoms with Crippen molar-refractivity contribution in [3.8, 4) is 11.1 Å². The lowest BCUT2D eigenvalue weighted by Crippen LogP contribution is -2.26. The summed E-state index contributed by atoms with van der Waals surface area (Å²) in [4.78, 5) is 12.0. The molecule has 154 valence electrons. The van der Waals surface area contributed by atoms with Crippen molar-refractivity contribution in [1.29, 1.82) is 0 Å². The molecule has 3 aromatic rings. The van der Waals surface area contributed by atoms with Gasteiger partial charge in [-0.05, 0) is 41.8 Å². The number of rotatable bonds is 6. The molecule has 3 aromatic carbocycles. The molecule has 0 saturated heterocycles. The van der Waals surface area contributed by atoms with Crippen LogP contribution in [-0.4, -0.2) is 18.2 Å². The molecule has 30 heavy (non-hydrogen) atoms. The minimum Gasteiger partial charge on any atom is -0.376 e. The Kier molecular flexibility index (Phi) is 6.51. The standard InChI is InChI=1S/C23H20F3N3O/c1-16(17-10-12-19(13-11-17)18-6-3-2-4-7-18)28-29-22(30)15-27-21-9-5-8-20(14-21)23(24,25)26/h2-14,27H,15H2,1H3,(H,29,30)/b28-16-. The van der Waals surface area contributed by atoms with Crippen LogP contribution in [0.4, 0.5) is 18.9 Å². The van der Waals surface area contributed by atoms with Crippen LogP contribution in [0.3, 0.4) is 0 Å². The Labute approximate surface area is 172 Å². The number of hydrogen-bond acceptors (Lipinski definition) is 3. The molecule has 0 atom stereocenters. The Balaban J connectivity index is 1.56. The van der Waals surface area contributed by atoms with E-state index >= 15 is 0 Å². The van der Waals surface area contributed by atoms with Gasteiger partial charge in [0, 0.05) is 5.69 Å². The first-order valence-corrected chi connectivity index (χ1v) is 9.23. The SMILES string of the molecule is C/C(=N/NC(=O)CNc1cccc(C(F)(F)F)c1)c1ccc(-c2ccccc2)cc1. The number of carbonyl (C=O) groups is 1. The molecule has 0 bridgehead atoms. The first-order valence-electron chi connectivity index (χ1n) is 9.23. The zero-order valence-corrected chi connectivity index (χ0v) is 16.2. The second-order valence-corrected chi connectivity index (χ2v) is 6.61. The Hall–Kier alpha value is -3.61. The van der Waals surface area contributed by atoms with Gasteiger partial charge in [0.2, 0.25) is 0 Å². The maximum absolute atomic E-state index is 12.7. The van der Waals surface area contributed by atoms with Crippen LogP contribution in [0.15, 0.2) is 84.0 Å². The van der Waals surface area contributed by atoms with Gasteiger partial charge in [0.15, 0.2) is 0 Å². The first-order chi connectivity index (χ1) is 14.3. The zero-order chi connectivity index (χ0) is 21.6. The molecule has 0 unspecified atom stereocenters. The summed E-state index contributed by atoms with van der Waals surface area (Å²) in [5.41, 5.74) is 5.47. The molecule has 7 heteroatoms. The van der Waals surface area contributed by atoms with E-state index in [1.807, 2.05) is 54.6 Å². The number of amides is 1. The third-order valence-electron chi connectivity index (χ3n) is 4.40. The summed E-state index contributed by atoms with van der Waals surface area (Å²) in [6, 6.07) is 22.4. The van der Waals surface area contributed by atoms with Crippen LogP contribution in [0.5, 0.6) is 0 Å². The smallest absolute Gasteiger partial charge is 0.376 e. The van der Waals surface area contributed by atoms with Crippen molar-refractivity contribution in [3.05, 3.63) is 90.0 Å². The highest BCUT2D eigenvalue weighted by molar-refractivity contribution is 5.99.